The second-order valence-electron chi connectivity index (χ2n) is 2.80. The molecule has 15 heavy (non-hydrogen) atoms. The highest BCUT2D eigenvalue weighted by atomic mass is 16.6. The first kappa shape index (κ1) is 10.9. The van der Waals surface area contributed by atoms with Gasteiger partial charge in [-0.15, -0.1) is 0 Å². The molecule has 0 saturated carbocycles. The van der Waals surface area contributed by atoms with Crippen LogP contribution < -0.4 is 10.9 Å². The quantitative estimate of drug-likeness (QED) is 0.450. The van der Waals surface area contributed by atoms with Gasteiger partial charge in [0.1, 0.15) is 5.69 Å². The van der Waals surface area contributed by atoms with Gasteiger partial charge in [-0.2, -0.15) is 0 Å². The predicted molar refractivity (Wildman–Crippen MR) is 52.3 cm³/mol. The fourth-order valence-corrected chi connectivity index (χ4v) is 1.07. The summed E-state index contributed by atoms with van der Waals surface area (Å²) < 4.78 is 0. The second kappa shape index (κ2) is 3.88. The lowest BCUT2D eigenvalue weighted by atomic mass is 10.2. The van der Waals surface area contributed by atoms with Crippen molar-refractivity contribution in [2.75, 3.05) is 12.1 Å². The number of hydrogen-bond acceptors (Lipinski definition) is 6. The maximum Gasteiger partial charge on any atom is 0.300 e. The Hall–Kier alpha value is -2.22. The van der Waals surface area contributed by atoms with Gasteiger partial charge in [0.05, 0.1) is 15.9 Å². The molecule has 8 nitrogen and oxygen atoms in total. The van der Waals surface area contributed by atoms with Crippen molar-refractivity contribution in [1.29, 1.82) is 0 Å². The Morgan fingerprint density at radius 3 is 2.27 bits per heavy atom. The van der Waals surface area contributed by atoms with Crippen LogP contribution in [0.25, 0.3) is 0 Å². The maximum atomic E-state index is 10.6. The Morgan fingerprint density at radius 1 is 1.27 bits per heavy atom. The van der Waals surface area contributed by atoms with E-state index in [0.717, 1.165) is 17.1 Å². The number of hydrogen-bond donors (Lipinski definition) is 1. The Bertz CT molecular complexity index is 417. The molecule has 8 heteroatoms. The number of nitrogens with zero attached hydrogens (tertiary/aromatic N) is 3. The zero-order chi connectivity index (χ0) is 11.6. The summed E-state index contributed by atoms with van der Waals surface area (Å²) >= 11 is 0. The zero-order valence-electron chi connectivity index (χ0n) is 7.78. The molecule has 0 aliphatic rings. The lowest BCUT2D eigenvalue weighted by Gasteiger charge is -2.11. The smallest absolute Gasteiger partial charge is 0.300 e. The minimum Gasteiger partial charge on any atom is -0.308 e. The summed E-state index contributed by atoms with van der Waals surface area (Å²) in [5.41, 5.74) is -0.618. The first-order valence-corrected chi connectivity index (χ1v) is 3.84. The molecule has 0 fully saturated rings. The third kappa shape index (κ3) is 2.17. The van der Waals surface area contributed by atoms with Crippen molar-refractivity contribution in [2.24, 2.45) is 5.84 Å². The Kier molecular flexibility index (Phi) is 2.81. The van der Waals surface area contributed by atoms with E-state index in [1.54, 1.807) is 0 Å². The summed E-state index contributed by atoms with van der Waals surface area (Å²) in [6, 6.07) is 3.26. The third-order valence-electron chi connectivity index (χ3n) is 1.75. The van der Waals surface area contributed by atoms with Gasteiger partial charge in [0, 0.05) is 13.1 Å². The first-order valence-electron chi connectivity index (χ1n) is 3.84. The summed E-state index contributed by atoms with van der Waals surface area (Å²) in [5.74, 6) is 5.34. The standard InChI is InChI=1S/C7H8N4O4/c1-9(8)6-3-2-5(10(12)13)4-7(6)11(14)15/h2-4H,8H2,1H3. The monoisotopic (exact) mass is 212 g/mol. The van der Waals surface area contributed by atoms with Crippen LogP contribution in [0, 0.1) is 20.2 Å². The average molecular weight is 212 g/mol. The highest BCUT2D eigenvalue weighted by molar-refractivity contribution is 5.65. The number of nitro groups is 2. The Labute approximate surface area is 84.2 Å². The van der Waals surface area contributed by atoms with E-state index < -0.39 is 15.5 Å². The molecule has 0 aromatic heterocycles. The summed E-state index contributed by atoms with van der Waals surface area (Å²) in [6.45, 7) is 0. The van der Waals surface area contributed by atoms with Crippen molar-refractivity contribution in [3.63, 3.8) is 0 Å². The third-order valence-corrected chi connectivity index (χ3v) is 1.75. The van der Waals surface area contributed by atoms with Gasteiger partial charge in [0.25, 0.3) is 5.69 Å². The highest BCUT2D eigenvalue weighted by Crippen LogP contribution is 2.29. The number of non-ortho nitro benzene ring substituents is 1. The second-order valence-corrected chi connectivity index (χ2v) is 2.80. The maximum absolute atomic E-state index is 10.6. The zero-order valence-corrected chi connectivity index (χ0v) is 7.78. The van der Waals surface area contributed by atoms with Gasteiger partial charge in [-0.05, 0) is 6.07 Å². The van der Waals surface area contributed by atoms with Gasteiger partial charge in [0.2, 0.25) is 0 Å². The molecule has 0 unspecified atom stereocenters. The molecule has 0 radical (unpaired) electrons. The lowest BCUT2D eigenvalue weighted by Crippen LogP contribution is -2.25. The van der Waals surface area contributed by atoms with E-state index >= 15 is 0 Å². The van der Waals surface area contributed by atoms with Gasteiger partial charge in [0.15, 0.2) is 0 Å². The minimum atomic E-state index is -0.717. The molecule has 0 saturated heterocycles. The minimum absolute atomic E-state index is 0.116. The molecular weight excluding hydrogens is 204 g/mol. The Morgan fingerprint density at radius 2 is 1.87 bits per heavy atom. The van der Waals surface area contributed by atoms with Gasteiger partial charge in [-0.1, -0.05) is 0 Å². The summed E-state index contributed by atoms with van der Waals surface area (Å²) in [5, 5.41) is 22.0. The molecule has 0 bridgehead atoms. The number of rotatable bonds is 3. The SMILES string of the molecule is CN(N)c1ccc([N+](=O)[O-])cc1[N+](=O)[O-]. The van der Waals surface area contributed by atoms with Crippen LogP contribution in [-0.2, 0) is 0 Å². The van der Waals surface area contributed by atoms with Crippen molar-refractivity contribution < 1.29 is 9.85 Å². The molecular formula is C7H8N4O4. The van der Waals surface area contributed by atoms with Crippen LogP contribution in [0.15, 0.2) is 18.2 Å². The highest BCUT2D eigenvalue weighted by Gasteiger charge is 2.20. The normalized spacial score (nSPS) is 9.73. The summed E-state index contributed by atoms with van der Waals surface area (Å²) in [6.07, 6.45) is 0. The van der Waals surface area contributed by atoms with Crippen LogP contribution in [0.5, 0.6) is 0 Å². The van der Waals surface area contributed by atoms with E-state index in [1.165, 1.54) is 13.1 Å². The number of hydrazine groups is 1. The molecule has 0 atom stereocenters. The molecule has 1 rings (SSSR count). The van der Waals surface area contributed by atoms with Crippen LogP contribution in [0.1, 0.15) is 0 Å². The topological polar surface area (TPSA) is 116 Å². The number of benzene rings is 1. The molecule has 80 valence electrons. The van der Waals surface area contributed by atoms with E-state index in [-0.39, 0.29) is 11.4 Å². The molecule has 2 N–H and O–H groups in total. The molecule has 0 aliphatic carbocycles. The van der Waals surface area contributed by atoms with E-state index in [1.807, 2.05) is 0 Å². The van der Waals surface area contributed by atoms with E-state index in [0.29, 0.717) is 0 Å². The average Bonchev–Trinajstić information content (AvgIpc) is 2.16. The van der Waals surface area contributed by atoms with Crippen molar-refractivity contribution >= 4 is 17.1 Å². The van der Waals surface area contributed by atoms with Crippen molar-refractivity contribution in [3.05, 3.63) is 38.4 Å². The number of anilines is 1. The number of nitrogens with two attached hydrogens (primary N) is 1. The van der Waals surface area contributed by atoms with Gasteiger partial charge in [-0.25, -0.2) is 5.84 Å². The summed E-state index contributed by atoms with van der Waals surface area (Å²) in [7, 11) is 1.41. The van der Waals surface area contributed by atoms with Gasteiger partial charge < -0.3 is 5.01 Å². The first-order chi connectivity index (χ1) is 6.93. The number of nitro benzene ring substituents is 2. The Balaban J connectivity index is 3.33. The fraction of sp³-hybridized carbons (Fsp3) is 0.143. The van der Waals surface area contributed by atoms with E-state index in [2.05, 4.69) is 0 Å². The molecule has 1 aromatic rings. The predicted octanol–water partition coefficient (Wildman–Crippen LogP) is 0.813. The van der Waals surface area contributed by atoms with E-state index in [9.17, 15) is 20.2 Å². The van der Waals surface area contributed by atoms with Gasteiger partial charge in [-0.3, -0.25) is 20.2 Å². The van der Waals surface area contributed by atoms with Gasteiger partial charge >= 0.3 is 5.69 Å². The van der Waals surface area contributed by atoms with Crippen molar-refractivity contribution in [1.82, 2.24) is 0 Å². The lowest BCUT2D eigenvalue weighted by molar-refractivity contribution is -0.393. The summed E-state index contributed by atoms with van der Waals surface area (Å²) in [4.78, 5) is 19.6. The van der Waals surface area contributed by atoms with Crippen LogP contribution in [0.3, 0.4) is 0 Å². The molecule has 1 aromatic carbocycles. The van der Waals surface area contributed by atoms with Crippen LogP contribution in [0.4, 0.5) is 17.1 Å². The van der Waals surface area contributed by atoms with Crippen LogP contribution in [0.2, 0.25) is 0 Å². The molecule has 0 spiro atoms. The van der Waals surface area contributed by atoms with Crippen LogP contribution in [-0.4, -0.2) is 16.9 Å². The van der Waals surface area contributed by atoms with Crippen LogP contribution >= 0.6 is 0 Å². The van der Waals surface area contributed by atoms with Crippen molar-refractivity contribution in [3.8, 4) is 0 Å². The van der Waals surface area contributed by atoms with E-state index in [4.69, 9.17) is 5.84 Å². The molecule has 0 amide bonds. The molecule has 0 heterocycles. The fourth-order valence-electron chi connectivity index (χ4n) is 1.07. The van der Waals surface area contributed by atoms with Crippen molar-refractivity contribution in [2.45, 2.75) is 0 Å². The molecule has 0 aliphatic heterocycles. The largest absolute Gasteiger partial charge is 0.308 e.